The lowest BCUT2D eigenvalue weighted by Crippen LogP contribution is -2.58. The summed E-state index contributed by atoms with van der Waals surface area (Å²) >= 11 is 0. The molecule has 0 spiro atoms. The molecular formula is C26H32N6O3. The maximum atomic E-state index is 12.9. The van der Waals surface area contributed by atoms with Crippen LogP contribution in [-0.4, -0.2) is 51.2 Å². The third kappa shape index (κ3) is 4.02. The minimum absolute atomic E-state index is 0.0666. The minimum atomic E-state index is -0.0666. The molecule has 1 aromatic carbocycles. The summed E-state index contributed by atoms with van der Waals surface area (Å²) in [5.41, 5.74) is 3.53. The highest BCUT2D eigenvalue weighted by molar-refractivity contribution is 5.88. The van der Waals surface area contributed by atoms with Crippen molar-refractivity contribution >= 4 is 16.7 Å². The predicted octanol–water partition coefficient (Wildman–Crippen LogP) is 3.43. The van der Waals surface area contributed by atoms with E-state index in [1.54, 1.807) is 28.6 Å². The van der Waals surface area contributed by atoms with Crippen LogP contribution in [0.3, 0.4) is 0 Å². The molecule has 1 saturated heterocycles. The van der Waals surface area contributed by atoms with Crippen LogP contribution in [0.2, 0.25) is 0 Å². The van der Waals surface area contributed by atoms with E-state index in [9.17, 15) is 4.79 Å². The van der Waals surface area contributed by atoms with Gasteiger partial charge in [-0.05, 0) is 37.5 Å². The molecular weight excluding hydrogens is 444 g/mol. The Morgan fingerprint density at radius 3 is 2.66 bits per heavy atom. The summed E-state index contributed by atoms with van der Waals surface area (Å²) in [5.74, 6) is 1.61. The number of hydrogen-bond acceptors (Lipinski definition) is 7. The monoisotopic (exact) mass is 476 g/mol. The van der Waals surface area contributed by atoms with Crippen molar-refractivity contribution in [2.45, 2.75) is 58.3 Å². The maximum absolute atomic E-state index is 12.9. The molecule has 5 rings (SSSR count). The van der Waals surface area contributed by atoms with Gasteiger partial charge < -0.3 is 18.9 Å². The zero-order valence-corrected chi connectivity index (χ0v) is 20.8. The van der Waals surface area contributed by atoms with Crippen LogP contribution in [0.4, 0.5) is 5.69 Å². The average molecular weight is 477 g/mol. The number of pyridine rings is 1. The van der Waals surface area contributed by atoms with Gasteiger partial charge in [0.2, 0.25) is 6.79 Å². The Bertz CT molecular complexity index is 1340. The summed E-state index contributed by atoms with van der Waals surface area (Å²) < 4.78 is 14.3. The van der Waals surface area contributed by atoms with E-state index in [1.807, 2.05) is 6.07 Å². The molecule has 2 aliphatic rings. The van der Waals surface area contributed by atoms with Crippen molar-refractivity contribution in [3.05, 3.63) is 46.4 Å². The second-order valence-electron chi connectivity index (χ2n) is 9.41. The number of aryl methyl sites for hydroxylation is 1. The molecule has 0 amide bonds. The molecule has 3 atom stereocenters. The van der Waals surface area contributed by atoms with Gasteiger partial charge in [-0.15, -0.1) is 0 Å². The van der Waals surface area contributed by atoms with E-state index in [-0.39, 0.29) is 31.0 Å². The van der Waals surface area contributed by atoms with Gasteiger partial charge in [-0.25, -0.2) is 0 Å². The van der Waals surface area contributed by atoms with Crippen LogP contribution >= 0.6 is 0 Å². The molecule has 2 aliphatic heterocycles. The Balaban J connectivity index is 1.49. The first-order valence-corrected chi connectivity index (χ1v) is 12.3. The van der Waals surface area contributed by atoms with Crippen LogP contribution in [-0.2, 0) is 13.6 Å². The van der Waals surface area contributed by atoms with Gasteiger partial charge in [0, 0.05) is 44.3 Å². The number of fused-ring (bicyclic) bond motifs is 2. The number of anilines is 1. The molecule has 0 aliphatic carbocycles. The highest BCUT2D eigenvalue weighted by atomic mass is 16.7. The first kappa shape index (κ1) is 23.2. The lowest BCUT2D eigenvalue weighted by molar-refractivity contribution is 0.101. The summed E-state index contributed by atoms with van der Waals surface area (Å²) in [6, 6.07) is 10.8. The number of nitriles is 1. The number of rotatable bonds is 6. The Hall–Kier alpha value is -3.51. The molecule has 184 valence electrons. The van der Waals surface area contributed by atoms with Crippen molar-refractivity contribution in [1.29, 1.82) is 5.26 Å². The molecule has 3 aromatic rings. The fourth-order valence-electron chi connectivity index (χ4n) is 5.43. The van der Waals surface area contributed by atoms with Crippen LogP contribution in [0, 0.1) is 11.3 Å². The van der Waals surface area contributed by atoms with Gasteiger partial charge in [-0.2, -0.15) is 10.4 Å². The molecule has 2 aromatic heterocycles. The summed E-state index contributed by atoms with van der Waals surface area (Å²) in [5, 5.41) is 13.8. The van der Waals surface area contributed by atoms with Gasteiger partial charge in [0.25, 0.3) is 5.56 Å². The lowest BCUT2D eigenvalue weighted by atomic mass is 9.96. The Kier molecular flexibility index (Phi) is 6.15. The van der Waals surface area contributed by atoms with E-state index in [0.717, 1.165) is 54.2 Å². The molecule has 0 bridgehead atoms. The van der Waals surface area contributed by atoms with Crippen molar-refractivity contribution in [3.63, 3.8) is 0 Å². The summed E-state index contributed by atoms with van der Waals surface area (Å²) in [7, 11) is 1.75. The van der Waals surface area contributed by atoms with Gasteiger partial charge in [0.15, 0.2) is 11.5 Å². The van der Waals surface area contributed by atoms with E-state index in [1.165, 1.54) is 5.56 Å². The van der Waals surface area contributed by atoms with Gasteiger partial charge in [0.05, 0.1) is 23.5 Å². The molecule has 0 unspecified atom stereocenters. The zero-order valence-electron chi connectivity index (χ0n) is 20.8. The fraction of sp³-hybridized carbons (Fsp3) is 0.500. The average Bonchev–Trinajstić information content (AvgIpc) is 3.52. The number of nitrogens with zero attached hydrogens (tertiary/aromatic N) is 6. The second kappa shape index (κ2) is 9.27. The number of benzene rings is 1. The van der Waals surface area contributed by atoms with Crippen LogP contribution < -0.4 is 19.9 Å². The summed E-state index contributed by atoms with van der Waals surface area (Å²) in [4.78, 5) is 17.8. The topological polar surface area (TPSA) is 88.5 Å². The Morgan fingerprint density at radius 2 is 1.91 bits per heavy atom. The number of piperazine rings is 1. The molecule has 0 saturated carbocycles. The smallest absolute Gasteiger partial charge is 0.252 e. The third-order valence-electron chi connectivity index (χ3n) is 7.54. The van der Waals surface area contributed by atoms with Crippen LogP contribution in [0.15, 0.2) is 35.3 Å². The molecule has 0 radical (unpaired) electrons. The highest BCUT2D eigenvalue weighted by Gasteiger charge is 2.36. The van der Waals surface area contributed by atoms with Gasteiger partial charge in [-0.3, -0.25) is 14.4 Å². The quantitative estimate of drug-likeness (QED) is 0.539. The Morgan fingerprint density at radius 1 is 1.14 bits per heavy atom. The van der Waals surface area contributed by atoms with E-state index in [2.05, 4.69) is 53.9 Å². The summed E-state index contributed by atoms with van der Waals surface area (Å²) in [6.45, 7) is 8.77. The van der Waals surface area contributed by atoms with Crippen LogP contribution in [0.25, 0.3) is 11.0 Å². The van der Waals surface area contributed by atoms with E-state index < -0.39 is 0 Å². The number of hydrogen-bond donors (Lipinski definition) is 0. The van der Waals surface area contributed by atoms with Crippen molar-refractivity contribution in [3.8, 4) is 17.6 Å². The first-order chi connectivity index (χ1) is 16.9. The minimum Gasteiger partial charge on any atom is -0.454 e. The third-order valence-corrected chi connectivity index (χ3v) is 7.54. The maximum Gasteiger partial charge on any atom is 0.252 e. The van der Waals surface area contributed by atoms with E-state index in [4.69, 9.17) is 14.7 Å². The van der Waals surface area contributed by atoms with Crippen molar-refractivity contribution < 1.29 is 9.47 Å². The zero-order chi connectivity index (χ0) is 24.7. The largest absolute Gasteiger partial charge is 0.454 e. The van der Waals surface area contributed by atoms with Crippen molar-refractivity contribution in [1.82, 2.24) is 19.2 Å². The predicted molar refractivity (Wildman–Crippen MR) is 134 cm³/mol. The summed E-state index contributed by atoms with van der Waals surface area (Å²) in [6.07, 6.45) is 3.72. The SMILES string of the molecule is CC[C@H]1CN([C@H](C)c2ccc3c(c2)OCO3)[C@H](CC)CN1c1cc(=O)n(C)c2cn(CC#N)nc12. The highest BCUT2D eigenvalue weighted by Crippen LogP contribution is 2.38. The second-order valence-corrected chi connectivity index (χ2v) is 9.41. The van der Waals surface area contributed by atoms with Crippen LogP contribution in [0.1, 0.15) is 45.2 Å². The van der Waals surface area contributed by atoms with Gasteiger partial charge in [-0.1, -0.05) is 19.9 Å². The molecule has 0 N–H and O–H groups in total. The molecule has 9 nitrogen and oxygen atoms in total. The normalized spacial score (nSPS) is 20.8. The van der Waals surface area contributed by atoms with E-state index in [0.29, 0.717) is 6.04 Å². The lowest BCUT2D eigenvalue weighted by Gasteiger charge is -2.49. The number of ether oxygens (including phenoxy) is 2. The standard InChI is InChI=1S/C26H32N6O3/c1-5-19-14-32(21-12-25(33)29(4)22-15-30(10-9-27)28-26(21)22)20(6-2)13-31(19)17(3)18-7-8-23-24(11-18)35-16-34-23/h7-8,11-12,15,17,19-20H,5-6,10,13-14,16H2,1-4H3/t17-,19-,20+/m1/s1. The number of aromatic nitrogens is 3. The molecule has 35 heavy (non-hydrogen) atoms. The molecule has 4 heterocycles. The van der Waals surface area contributed by atoms with E-state index >= 15 is 0 Å². The fourth-order valence-corrected chi connectivity index (χ4v) is 5.43. The van der Waals surface area contributed by atoms with Gasteiger partial charge in [0.1, 0.15) is 12.1 Å². The van der Waals surface area contributed by atoms with Crippen molar-refractivity contribution in [2.24, 2.45) is 7.05 Å². The van der Waals surface area contributed by atoms with Crippen LogP contribution in [0.5, 0.6) is 11.5 Å². The molecule has 9 heteroatoms. The van der Waals surface area contributed by atoms with Crippen molar-refractivity contribution in [2.75, 3.05) is 24.8 Å². The molecule has 1 fully saturated rings. The Labute approximate surface area is 205 Å². The van der Waals surface area contributed by atoms with Gasteiger partial charge >= 0.3 is 0 Å². The first-order valence-electron chi connectivity index (χ1n) is 12.3.